The van der Waals surface area contributed by atoms with Crippen molar-refractivity contribution in [3.05, 3.63) is 58.9 Å². The minimum atomic E-state index is -0.413. The lowest BCUT2D eigenvalue weighted by atomic mass is 10.2. The van der Waals surface area contributed by atoms with E-state index in [2.05, 4.69) is 15.0 Å². The standard InChI is InChI=1S/C18H17N3O3S/c1-3-23-14-8-5-4-7-13(14)11-24-18(22)15-12(2)21-17(25-15)16-19-9-6-10-20-16/h4-10H,3,11H2,1-2H3. The molecule has 2 heterocycles. The fraction of sp³-hybridized carbons (Fsp3) is 0.222. The topological polar surface area (TPSA) is 74.2 Å². The van der Waals surface area contributed by atoms with E-state index in [1.165, 1.54) is 11.3 Å². The predicted octanol–water partition coefficient (Wildman–Crippen LogP) is 3.66. The van der Waals surface area contributed by atoms with Gasteiger partial charge in [-0.3, -0.25) is 0 Å². The molecule has 3 rings (SSSR count). The molecule has 0 unspecified atom stereocenters. The van der Waals surface area contributed by atoms with Crippen LogP contribution in [0.2, 0.25) is 0 Å². The monoisotopic (exact) mass is 355 g/mol. The summed E-state index contributed by atoms with van der Waals surface area (Å²) in [4.78, 5) is 25.6. The van der Waals surface area contributed by atoms with Crippen LogP contribution in [0.1, 0.15) is 27.9 Å². The first-order valence-electron chi connectivity index (χ1n) is 7.81. The molecule has 0 aliphatic heterocycles. The van der Waals surface area contributed by atoms with Crippen LogP contribution in [-0.2, 0) is 11.3 Å². The molecule has 1 aromatic carbocycles. The fourth-order valence-corrected chi connectivity index (χ4v) is 3.13. The second kappa shape index (κ2) is 7.85. The zero-order valence-corrected chi connectivity index (χ0v) is 14.7. The molecule has 0 saturated carbocycles. The summed E-state index contributed by atoms with van der Waals surface area (Å²) in [6.07, 6.45) is 3.28. The molecular formula is C18H17N3O3S. The summed E-state index contributed by atoms with van der Waals surface area (Å²) in [5.41, 5.74) is 1.43. The lowest BCUT2D eigenvalue weighted by Crippen LogP contribution is -2.06. The number of carbonyl (C=O) groups excluding carboxylic acids is 1. The molecule has 0 N–H and O–H groups in total. The molecule has 6 nitrogen and oxygen atoms in total. The summed E-state index contributed by atoms with van der Waals surface area (Å²) in [5, 5.41) is 0.597. The van der Waals surface area contributed by atoms with Crippen molar-refractivity contribution in [2.45, 2.75) is 20.5 Å². The van der Waals surface area contributed by atoms with Crippen LogP contribution in [0.4, 0.5) is 0 Å². The third kappa shape index (κ3) is 4.00. The highest BCUT2D eigenvalue weighted by atomic mass is 32.1. The fourth-order valence-electron chi connectivity index (χ4n) is 2.22. The molecule has 3 aromatic rings. The van der Waals surface area contributed by atoms with E-state index < -0.39 is 5.97 Å². The maximum Gasteiger partial charge on any atom is 0.350 e. The summed E-state index contributed by atoms with van der Waals surface area (Å²) in [7, 11) is 0. The summed E-state index contributed by atoms with van der Waals surface area (Å²) in [6.45, 7) is 4.38. The molecule has 25 heavy (non-hydrogen) atoms. The zero-order valence-electron chi connectivity index (χ0n) is 13.9. The Morgan fingerprint density at radius 2 is 1.92 bits per heavy atom. The van der Waals surface area contributed by atoms with Crippen LogP contribution in [-0.4, -0.2) is 27.5 Å². The van der Waals surface area contributed by atoms with Crippen molar-refractivity contribution in [1.29, 1.82) is 0 Å². The number of ether oxygens (including phenoxy) is 2. The third-order valence-electron chi connectivity index (χ3n) is 3.37. The van der Waals surface area contributed by atoms with Crippen molar-refractivity contribution in [2.75, 3.05) is 6.61 Å². The van der Waals surface area contributed by atoms with E-state index in [9.17, 15) is 4.79 Å². The highest BCUT2D eigenvalue weighted by molar-refractivity contribution is 7.16. The second-order valence-electron chi connectivity index (χ2n) is 5.12. The van der Waals surface area contributed by atoms with Gasteiger partial charge in [0.05, 0.1) is 12.3 Å². The van der Waals surface area contributed by atoms with Gasteiger partial charge < -0.3 is 9.47 Å². The Hall–Kier alpha value is -2.80. The largest absolute Gasteiger partial charge is 0.493 e. The number of rotatable bonds is 6. The number of para-hydroxylation sites is 1. The van der Waals surface area contributed by atoms with E-state index in [1.807, 2.05) is 31.2 Å². The van der Waals surface area contributed by atoms with Crippen LogP contribution in [0.25, 0.3) is 10.8 Å². The molecule has 0 aliphatic carbocycles. The molecule has 0 aliphatic rings. The number of hydrogen-bond donors (Lipinski definition) is 0. The van der Waals surface area contributed by atoms with Gasteiger partial charge in [-0.25, -0.2) is 19.7 Å². The number of hydrogen-bond acceptors (Lipinski definition) is 7. The summed E-state index contributed by atoms with van der Waals surface area (Å²) >= 11 is 1.23. The molecule has 0 saturated heterocycles. The summed E-state index contributed by atoms with van der Waals surface area (Å²) < 4.78 is 11.0. The van der Waals surface area contributed by atoms with Gasteiger partial charge in [0.1, 0.15) is 17.2 Å². The van der Waals surface area contributed by atoms with Crippen LogP contribution in [0.3, 0.4) is 0 Å². The quantitative estimate of drug-likeness (QED) is 0.628. The average Bonchev–Trinajstić information content (AvgIpc) is 3.04. The van der Waals surface area contributed by atoms with Crippen molar-refractivity contribution in [3.8, 4) is 16.6 Å². The van der Waals surface area contributed by atoms with Gasteiger partial charge in [0.15, 0.2) is 10.8 Å². The van der Waals surface area contributed by atoms with Gasteiger partial charge in [-0.05, 0) is 26.0 Å². The molecule has 0 atom stereocenters. The first kappa shape index (κ1) is 17.0. The molecule has 128 valence electrons. The van der Waals surface area contributed by atoms with Gasteiger partial charge >= 0.3 is 5.97 Å². The van der Waals surface area contributed by atoms with E-state index in [0.29, 0.717) is 28.0 Å². The van der Waals surface area contributed by atoms with Crippen molar-refractivity contribution in [2.24, 2.45) is 0 Å². The van der Waals surface area contributed by atoms with Crippen LogP contribution in [0, 0.1) is 6.92 Å². The minimum Gasteiger partial charge on any atom is -0.493 e. The number of aryl methyl sites for hydroxylation is 1. The number of esters is 1. The second-order valence-corrected chi connectivity index (χ2v) is 6.12. The molecule has 7 heteroatoms. The van der Waals surface area contributed by atoms with E-state index in [0.717, 1.165) is 11.3 Å². The van der Waals surface area contributed by atoms with E-state index in [1.54, 1.807) is 25.4 Å². The van der Waals surface area contributed by atoms with E-state index >= 15 is 0 Å². The molecule has 0 radical (unpaired) electrons. The van der Waals surface area contributed by atoms with Gasteiger partial charge in [-0.15, -0.1) is 11.3 Å². The molecule has 0 fully saturated rings. The third-order valence-corrected chi connectivity index (χ3v) is 4.50. The number of thiazole rings is 1. The molecule has 2 aromatic heterocycles. The maximum absolute atomic E-state index is 12.4. The molecular weight excluding hydrogens is 338 g/mol. The highest BCUT2D eigenvalue weighted by Crippen LogP contribution is 2.26. The number of aromatic nitrogens is 3. The maximum atomic E-state index is 12.4. The normalized spacial score (nSPS) is 10.5. The Bertz CT molecular complexity index is 865. The molecule has 0 bridgehead atoms. The van der Waals surface area contributed by atoms with Crippen molar-refractivity contribution in [1.82, 2.24) is 15.0 Å². The Morgan fingerprint density at radius 3 is 2.68 bits per heavy atom. The Morgan fingerprint density at radius 1 is 1.16 bits per heavy atom. The van der Waals surface area contributed by atoms with Gasteiger partial charge in [-0.2, -0.15) is 0 Å². The van der Waals surface area contributed by atoms with Crippen molar-refractivity contribution >= 4 is 17.3 Å². The van der Waals surface area contributed by atoms with Gasteiger partial charge in [0.2, 0.25) is 0 Å². The summed E-state index contributed by atoms with van der Waals surface area (Å²) in [5.74, 6) is 0.803. The average molecular weight is 355 g/mol. The SMILES string of the molecule is CCOc1ccccc1COC(=O)c1sc(-c2ncccn2)nc1C. The number of nitrogens with zero attached hydrogens (tertiary/aromatic N) is 3. The number of benzene rings is 1. The summed E-state index contributed by atoms with van der Waals surface area (Å²) in [6, 6.07) is 9.23. The van der Waals surface area contributed by atoms with Crippen molar-refractivity contribution in [3.63, 3.8) is 0 Å². The Kier molecular flexibility index (Phi) is 5.35. The first-order valence-corrected chi connectivity index (χ1v) is 8.63. The van der Waals surface area contributed by atoms with Crippen LogP contribution < -0.4 is 4.74 Å². The van der Waals surface area contributed by atoms with Crippen molar-refractivity contribution < 1.29 is 14.3 Å². The first-order chi connectivity index (χ1) is 12.2. The Balaban J connectivity index is 1.73. The lowest BCUT2D eigenvalue weighted by molar-refractivity contribution is 0.0474. The number of carbonyl (C=O) groups is 1. The predicted molar refractivity (Wildman–Crippen MR) is 94.6 cm³/mol. The molecule has 0 amide bonds. The lowest BCUT2D eigenvalue weighted by Gasteiger charge is -2.10. The zero-order chi connectivity index (χ0) is 17.6. The van der Waals surface area contributed by atoms with E-state index in [4.69, 9.17) is 9.47 Å². The molecule has 0 spiro atoms. The van der Waals surface area contributed by atoms with Gasteiger partial charge in [0.25, 0.3) is 0 Å². The minimum absolute atomic E-state index is 0.142. The smallest absolute Gasteiger partial charge is 0.350 e. The Labute approximate surface area is 149 Å². The van der Waals surface area contributed by atoms with E-state index in [-0.39, 0.29) is 6.61 Å². The van der Waals surface area contributed by atoms with Crippen LogP contribution in [0.5, 0.6) is 5.75 Å². The van der Waals surface area contributed by atoms with Gasteiger partial charge in [-0.1, -0.05) is 18.2 Å². The van der Waals surface area contributed by atoms with Crippen LogP contribution >= 0.6 is 11.3 Å². The highest BCUT2D eigenvalue weighted by Gasteiger charge is 2.19. The van der Waals surface area contributed by atoms with Gasteiger partial charge in [0, 0.05) is 18.0 Å². The van der Waals surface area contributed by atoms with Crippen LogP contribution in [0.15, 0.2) is 42.7 Å².